The van der Waals surface area contributed by atoms with Crippen LogP contribution in [0.1, 0.15) is 12.8 Å². The van der Waals surface area contributed by atoms with Gasteiger partial charge < -0.3 is 15.1 Å². The minimum Gasteiger partial charge on any atom is -0.370 e. The Morgan fingerprint density at radius 1 is 1.00 bits per heavy atom. The van der Waals surface area contributed by atoms with Crippen LogP contribution >= 0.6 is 0 Å². The number of hydrogen-bond donors (Lipinski definition) is 1. The second kappa shape index (κ2) is 9.07. The van der Waals surface area contributed by atoms with Gasteiger partial charge in [-0.1, -0.05) is 6.07 Å². The zero-order valence-corrected chi connectivity index (χ0v) is 22.1. The van der Waals surface area contributed by atoms with Crippen molar-refractivity contribution in [2.24, 2.45) is 9.78 Å². The first-order valence-electron chi connectivity index (χ1n) is 12.4. The molecule has 2 fully saturated rings. The van der Waals surface area contributed by atoms with E-state index in [2.05, 4.69) is 65.9 Å². The lowest BCUT2D eigenvalue weighted by molar-refractivity contribution is 0.0906. The third-order valence-corrected chi connectivity index (χ3v) is 7.77. The standard InChI is InChI=1S/C26H31N9OS/c1-33-13-11-26(12-14-33)17-34(18-26)21-9-7-20(8-10-21)29-25-27-15-19-16-28-35(24(19)31-25)23-6-4-5-22(30-23)32-37(2,3)36/h4-10,15-16H,11-14,17-18H2,1-3H3,(H,27,29,31). The van der Waals surface area contributed by atoms with Crippen molar-refractivity contribution in [1.29, 1.82) is 0 Å². The van der Waals surface area contributed by atoms with Gasteiger partial charge in [-0.05, 0) is 69.4 Å². The molecule has 10 nitrogen and oxygen atoms in total. The molecule has 0 aliphatic carbocycles. The Bertz CT molecular complexity index is 1550. The van der Waals surface area contributed by atoms with E-state index in [1.165, 1.54) is 31.6 Å². The molecule has 0 amide bonds. The highest BCUT2D eigenvalue weighted by Gasteiger charge is 2.44. The molecule has 1 spiro atoms. The molecule has 5 heterocycles. The number of aromatic nitrogens is 5. The Morgan fingerprint density at radius 2 is 1.76 bits per heavy atom. The lowest BCUT2D eigenvalue weighted by atomic mass is 9.72. The molecule has 0 bridgehead atoms. The van der Waals surface area contributed by atoms with Gasteiger partial charge in [-0.25, -0.2) is 14.2 Å². The van der Waals surface area contributed by atoms with Gasteiger partial charge in [0.25, 0.3) is 0 Å². The van der Waals surface area contributed by atoms with Crippen LogP contribution in [0.3, 0.4) is 0 Å². The summed E-state index contributed by atoms with van der Waals surface area (Å²) in [7, 11) is -0.105. The summed E-state index contributed by atoms with van der Waals surface area (Å²) in [6.07, 6.45) is 9.19. The molecule has 2 saturated heterocycles. The smallest absolute Gasteiger partial charge is 0.229 e. The second-order valence-electron chi connectivity index (χ2n) is 10.5. The quantitative estimate of drug-likeness (QED) is 0.426. The molecule has 0 saturated carbocycles. The number of likely N-dealkylation sites (tertiary alicyclic amines) is 1. The normalized spacial score (nSPS) is 17.6. The Morgan fingerprint density at radius 3 is 2.49 bits per heavy atom. The van der Waals surface area contributed by atoms with E-state index in [0.29, 0.717) is 28.6 Å². The molecular formula is C26H31N9OS. The summed E-state index contributed by atoms with van der Waals surface area (Å²) in [5, 5.41) is 8.54. The number of anilines is 3. The maximum absolute atomic E-state index is 12.1. The third-order valence-electron chi connectivity index (χ3n) is 7.15. The van der Waals surface area contributed by atoms with Crippen LogP contribution in [0.4, 0.5) is 23.1 Å². The van der Waals surface area contributed by atoms with Gasteiger partial charge in [0.2, 0.25) is 5.95 Å². The van der Waals surface area contributed by atoms with E-state index in [1.807, 2.05) is 12.1 Å². The van der Waals surface area contributed by atoms with Gasteiger partial charge in [-0.2, -0.15) is 19.1 Å². The third kappa shape index (κ3) is 5.01. The van der Waals surface area contributed by atoms with Crippen molar-refractivity contribution < 1.29 is 4.21 Å². The van der Waals surface area contributed by atoms with Gasteiger partial charge in [0.05, 0.1) is 11.6 Å². The van der Waals surface area contributed by atoms with Crippen molar-refractivity contribution in [3.63, 3.8) is 0 Å². The van der Waals surface area contributed by atoms with E-state index in [4.69, 9.17) is 4.98 Å². The van der Waals surface area contributed by atoms with E-state index in [1.54, 1.807) is 35.7 Å². The summed E-state index contributed by atoms with van der Waals surface area (Å²) >= 11 is 0. The minimum atomic E-state index is -2.32. The SMILES string of the molecule is CN1CCC2(CC1)CN(c1ccc(Nc3ncc4cnn(-c5cccc(N=S(C)(C)=O)n5)c4n3)cc1)C2. The van der Waals surface area contributed by atoms with Gasteiger partial charge in [-0.15, -0.1) is 0 Å². The predicted molar refractivity (Wildman–Crippen MR) is 148 cm³/mol. The van der Waals surface area contributed by atoms with Gasteiger partial charge in [0.15, 0.2) is 17.3 Å². The average Bonchev–Trinajstić information content (AvgIpc) is 3.26. The number of fused-ring (bicyclic) bond motifs is 1. The zero-order chi connectivity index (χ0) is 25.6. The summed E-state index contributed by atoms with van der Waals surface area (Å²) in [6, 6.07) is 13.8. The van der Waals surface area contributed by atoms with E-state index in [9.17, 15) is 4.21 Å². The number of nitrogens with zero attached hydrogens (tertiary/aromatic N) is 8. The number of hydrogen-bond acceptors (Lipinski definition) is 9. The van der Waals surface area contributed by atoms with Crippen LogP contribution in [-0.4, -0.2) is 79.6 Å². The summed E-state index contributed by atoms with van der Waals surface area (Å²) in [5.74, 6) is 1.42. The highest BCUT2D eigenvalue weighted by atomic mass is 32.2. The lowest BCUT2D eigenvalue weighted by Crippen LogP contribution is -2.60. The van der Waals surface area contributed by atoms with Crippen molar-refractivity contribution in [2.75, 3.05) is 56.0 Å². The number of rotatable bonds is 5. The van der Waals surface area contributed by atoms with Crippen LogP contribution < -0.4 is 10.2 Å². The van der Waals surface area contributed by atoms with Gasteiger partial charge in [0.1, 0.15) is 0 Å². The molecule has 192 valence electrons. The monoisotopic (exact) mass is 517 g/mol. The van der Waals surface area contributed by atoms with Crippen LogP contribution in [0, 0.1) is 5.41 Å². The Kier molecular flexibility index (Phi) is 5.84. The van der Waals surface area contributed by atoms with Crippen LogP contribution in [0.15, 0.2) is 59.2 Å². The number of piperidine rings is 1. The lowest BCUT2D eigenvalue weighted by Gasteiger charge is -2.54. The van der Waals surface area contributed by atoms with Crippen molar-refractivity contribution in [1.82, 2.24) is 29.6 Å². The Balaban J connectivity index is 1.18. The molecular weight excluding hydrogens is 486 g/mol. The first-order chi connectivity index (χ1) is 17.8. The molecule has 2 aliphatic rings. The summed E-state index contributed by atoms with van der Waals surface area (Å²) in [5.41, 5.74) is 3.30. The first kappa shape index (κ1) is 23.8. The average molecular weight is 518 g/mol. The second-order valence-corrected chi connectivity index (χ2v) is 13.0. The van der Waals surface area contributed by atoms with Gasteiger partial charge in [0, 0.05) is 58.3 Å². The fourth-order valence-corrected chi connectivity index (χ4v) is 5.64. The molecule has 11 heteroatoms. The van der Waals surface area contributed by atoms with Gasteiger partial charge in [-0.3, -0.25) is 0 Å². The summed E-state index contributed by atoms with van der Waals surface area (Å²) < 4.78 is 17.9. The van der Waals surface area contributed by atoms with E-state index in [0.717, 1.165) is 24.2 Å². The molecule has 3 aromatic heterocycles. The molecule has 1 N–H and O–H groups in total. The van der Waals surface area contributed by atoms with Crippen molar-refractivity contribution in [3.8, 4) is 5.82 Å². The number of benzene rings is 1. The molecule has 4 aromatic rings. The molecule has 1 aromatic carbocycles. The maximum Gasteiger partial charge on any atom is 0.229 e. The van der Waals surface area contributed by atoms with Crippen LogP contribution in [0.2, 0.25) is 0 Å². The van der Waals surface area contributed by atoms with Crippen molar-refractivity contribution in [2.45, 2.75) is 12.8 Å². The molecule has 0 radical (unpaired) electrons. The van der Waals surface area contributed by atoms with Crippen molar-refractivity contribution >= 4 is 43.9 Å². The van der Waals surface area contributed by atoms with Crippen LogP contribution in [0.5, 0.6) is 0 Å². The van der Waals surface area contributed by atoms with Gasteiger partial charge >= 0.3 is 0 Å². The zero-order valence-electron chi connectivity index (χ0n) is 21.3. The number of nitrogens with one attached hydrogen (secondary N) is 1. The minimum absolute atomic E-state index is 0.396. The number of pyridine rings is 1. The molecule has 2 aliphatic heterocycles. The van der Waals surface area contributed by atoms with E-state index in [-0.39, 0.29) is 0 Å². The largest absolute Gasteiger partial charge is 0.370 e. The fraction of sp³-hybridized carbons (Fsp3) is 0.385. The van der Waals surface area contributed by atoms with E-state index >= 15 is 0 Å². The first-order valence-corrected chi connectivity index (χ1v) is 14.7. The molecule has 0 atom stereocenters. The summed E-state index contributed by atoms with van der Waals surface area (Å²) in [6.45, 7) is 4.70. The Labute approximate surface area is 216 Å². The fourth-order valence-electron chi connectivity index (χ4n) is 5.09. The summed E-state index contributed by atoms with van der Waals surface area (Å²) in [4.78, 5) is 18.6. The molecule has 0 unspecified atom stereocenters. The maximum atomic E-state index is 12.1. The van der Waals surface area contributed by atoms with Crippen LogP contribution in [0.25, 0.3) is 16.9 Å². The van der Waals surface area contributed by atoms with Crippen LogP contribution in [-0.2, 0) is 9.73 Å². The van der Waals surface area contributed by atoms with E-state index < -0.39 is 9.73 Å². The highest BCUT2D eigenvalue weighted by molar-refractivity contribution is 7.92. The topological polar surface area (TPSA) is 104 Å². The van der Waals surface area contributed by atoms with Crippen molar-refractivity contribution in [3.05, 3.63) is 54.9 Å². The Hall–Kier alpha value is -3.57. The highest BCUT2D eigenvalue weighted by Crippen LogP contribution is 2.42. The molecule has 6 rings (SSSR count). The predicted octanol–water partition coefficient (Wildman–Crippen LogP) is 3.85. The molecule has 37 heavy (non-hydrogen) atoms.